The summed E-state index contributed by atoms with van der Waals surface area (Å²) in [7, 11) is 0. The maximum atomic E-state index is 12.2. The number of halogens is 1. The first-order chi connectivity index (χ1) is 13.3. The van der Waals surface area contributed by atoms with Crippen molar-refractivity contribution in [1.29, 1.82) is 0 Å². The Balaban J connectivity index is 0.00000420. The lowest BCUT2D eigenvalue weighted by Crippen LogP contribution is -2.27. The maximum absolute atomic E-state index is 12.2. The van der Waals surface area contributed by atoms with Crippen molar-refractivity contribution in [3.05, 3.63) is 41.2 Å². The molecule has 2 rings (SSSR count). The molecule has 0 amide bonds. The smallest absolute Gasteiger partial charge is 0.338 e. The molecule has 7 heteroatoms. The molecule has 0 spiro atoms. The molecule has 0 atom stereocenters. The highest BCUT2D eigenvalue weighted by atomic mass is 35.5. The summed E-state index contributed by atoms with van der Waals surface area (Å²) >= 11 is 0. The van der Waals surface area contributed by atoms with E-state index in [0.29, 0.717) is 37.2 Å². The van der Waals surface area contributed by atoms with Gasteiger partial charge >= 0.3 is 5.97 Å². The number of ether oxygens (including phenoxy) is 1. The Morgan fingerprint density at radius 3 is 2.38 bits per heavy atom. The Kier molecular flexibility index (Phi) is 9.53. The van der Waals surface area contributed by atoms with Gasteiger partial charge in [-0.05, 0) is 42.8 Å². The summed E-state index contributed by atoms with van der Waals surface area (Å²) in [6.45, 7) is 11.0. The van der Waals surface area contributed by atoms with E-state index in [9.17, 15) is 14.7 Å². The van der Waals surface area contributed by atoms with Gasteiger partial charge in [0.1, 0.15) is 12.4 Å². The molecule has 0 fully saturated rings. The van der Waals surface area contributed by atoms with Crippen LogP contribution in [0.5, 0.6) is 0 Å². The fraction of sp³-hybridized carbons (Fsp3) is 0.500. The predicted octanol–water partition coefficient (Wildman–Crippen LogP) is 4.51. The summed E-state index contributed by atoms with van der Waals surface area (Å²) in [6.07, 6.45) is 2.25. The van der Waals surface area contributed by atoms with Crippen LogP contribution in [0.1, 0.15) is 50.9 Å². The molecule has 0 aliphatic heterocycles. The molecular weight excluding hydrogens is 392 g/mol. The molecule has 29 heavy (non-hydrogen) atoms. The standard InChI is InChI=1S/C22H30N2O4.ClH/c1-5-24(6-2)11-12-28-21(27)16-7-9-17(10-8-16)23-15-18-19(25)13-22(3,4)14-20(18)26;/h7-10,15,25H,5-6,11-14H2,1-4H3;1H. The molecular formula is C22H31ClN2O4. The van der Waals surface area contributed by atoms with Crippen molar-refractivity contribution in [2.24, 2.45) is 10.4 Å². The second kappa shape index (κ2) is 11.1. The van der Waals surface area contributed by atoms with Gasteiger partial charge in [-0.25, -0.2) is 4.79 Å². The zero-order valence-electron chi connectivity index (χ0n) is 17.6. The first-order valence-electron chi connectivity index (χ1n) is 9.74. The molecule has 160 valence electrons. The van der Waals surface area contributed by atoms with Crippen LogP contribution in [0.2, 0.25) is 0 Å². The number of aliphatic imine (C=N–C) groups is 1. The van der Waals surface area contributed by atoms with E-state index in [1.54, 1.807) is 24.3 Å². The highest BCUT2D eigenvalue weighted by Crippen LogP contribution is 2.35. The number of likely N-dealkylation sites (N-methyl/N-ethyl adjacent to an activating group) is 1. The van der Waals surface area contributed by atoms with Crippen LogP contribution in [0, 0.1) is 5.41 Å². The van der Waals surface area contributed by atoms with Gasteiger partial charge < -0.3 is 14.7 Å². The van der Waals surface area contributed by atoms with Crippen LogP contribution in [0.3, 0.4) is 0 Å². The molecule has 1 aliphatic carbocycles. The van der Waals surface area contributed by atoms with E-state index in [1.807, 2.05) is 13.8 Å². The number of carbonyl (C=O) groups excluding carboxylic acids is 2. The number of aliphatic hydroxyl groups is 1. The topological polar surface area (TPSA) is 79.2 Å². The van der Waals surface area contributed by atoms with Crippen LogP contribution in [0.25, 0.3) is 0 Å². The lowest BCUT2D eigenvalue weighted by molar-refractivity contribution is -0.117. The normalized spacial score (nSPS) is 16.2. The SMILES string of the molecule is CCN(CC)CCOC(=O)c1ccc(N=CC2=C(O)CC(C)(C)CC2=O)cc1.Cl. The average Bonchev–Trinajstić information content (AvgIpc) is 2.64. The number of benzene rings is 1. The number of nitrogens with zero attached hydrogens (tertiary/aromatic N) is 2. The number of hydrogen-bond acceptors (Lipinski definition) is 6. The Labute approximate surface area is 179 Å². The van der Waals surface area contributed by atoms with Gasteiger partial charge in [-0.1, -0.05) is 27.7 Å². The van der Waals surface area contributed by atoms with E-state index in [2.05, 4.69) is 23.7 Å². The van der Waals surface area contributed by atoms with Gasteiger partial charge in [0.05, 0.1) is 16.8 Å². The molecule has 0 radical (unpaired) electrons. The summed E-state index contributed by atoms with van der Waals surface area (Å²) in [4.78, 5) is 30.8. The second-order valence-corrected chi connectivity index (χ2v) is 7.77. The van der Waals surface area contributed by atoms with Crippen LogP contribution < -0.4 is 0 Å². The van der Waals surface area contributed by atoms with Gasteiger partial charge in [0.25, 0.3) is 0 Å². The first-order valence-corrected chi connectivity index (χ1v) is 9.74. The monoisotopic (exact) mass is 422 g/mol. The third-order valence-corrected chi connectivity index (χ3v) is 4.88. The second-order valence-electron chi connectivity index (χ2n) is 7.77. The average molecular weight is 423 g/mol. The molecule has 0 heterocycles. The molecule has 0 saturated heterocycles. The number of allylic oxidation sites excluding steroid dienone is 2. The number of hydrogen-bond donors (Lipinski definition) is 1. The summed E-state index contributed by atoms with van der Waals surface area (Å²) in [5, 5.41) is 10.1. The van der Waals surface area contributed by atoms with Crippen molar-refractivity contribution in [1.82, 2.24) is 4.90 Å². The molecule has 0 unspecified atom stereocenters. The Hall–Kier alpha value is -2.18. The van der Waals surface area contributed by atoms with Crippen LogP contribution in [-0.2, 0) is 9.53 Å². The summed E-state index contributed by atoms with van der Waals surface area (Å²) in [5.41, 5.74) is 1.08. The van der Waals surface area contributed by atoms with E-state index >= 15 is 0 Å². The van der Waals surface area contributed by atoms with E-state index in [0.717, 1.165) is 13.1 Å². The fourth-order valence-electron chi connectivity index (χ4n) is 3.16. The Morgan fingerprint density at radius 2 is 1.83 bits per heavy atom. The summed E-state index contributed by atoms with van der Waals surface area (Å²) < 4.78 is 5.30. The highest BCUT2D eigenvalue weighted by molar-refractivity contribution is 6.14. The molecule has 6 nitrogen and oxygen atoms in total. The molecule has 1 aromatic carbocycles. The zero-order chi connectivity index (χ0) is 20.7. The number of esters is 1. The number of rotatable bonds is 8. The van der Waals surface area contributed by atoms with Crippen molar-refractivity contribution in [3.8, 4) is 0 Å². The van der Waals surface area contributed by atoms with Crippen molar-refractivity contribution in [3.63, 3.8) is 0 Å². The number of Topliss-reactive ketones (excluding diaryl/α,β-unsaturated/α-hetero) is 1. The highest BCUT2D eigenvalue weighted by Gasteiger charge is 2.32. The van der Waals surface area contributed by atoms with Gasteiger partial charge in [-0.15, -0.1) is 12.4 Å². The quantitative estimate of drug-likeness (QED) is 0.492. The third kappa shape index (κ3) is 7.29. The third-order valence-electron chi connectivity index (χ3n) is 4.88. The van der Waals surface area contributed by atoms with Gasteiger partial charge in [-0.3, -0.25) is 9.79 Å². The maximum Gasteiger partial charge on any atom is 0.338 e. The van der Waals surface area contributed by atoms with Gasteiger partial charge in [0.2, 0.25) is 0 Å². The van der Waals surface area contributed by atoms with E-state index in [-0.39, 0.29) is 40.9 Å². The lowest BCUT2D eigenvalue weighted by atomic mass is 9.77. The Bertz CT molecular complexity index is 766. The van der Waals surface area contributed by atoms with Gasteiger partial charge in [-0.2, -0.15) is 0 Å². The van der Waals surface area contributed by atoms with E-state index in [4.69, 9.17) is 4.74 Å². The molecule has 0 aromatic heterocycles. The molecule has 1 N–H and O–H groups in total. The summed E-state index contributed by atoms with van der Waals surface area (Å²) in [6, 6.07) is 6.66. The van der Waals surface area contributed by atoms with Crippen molar-refractivity contribution in [2.75, 3.05) is 26.2 Å². The number of ketones is 1. The fourth-order valence-corrected chi connectivity index (χ4v) is 3.16. The number of aliphatic hydroxyl groups excluding tert-OH is 1. The number of carbonyl (C=O) groups is 2. The summed E-state index contributed by atoms with van der Waals surface area (Å²) in [5.74, 6) is -0.392. The molecule has 1 aliphatic rings. The van der Waals surface area contributed by atoms with Crippen molar-refractivity contribution in [2.45, 2.75) is 40.5 Å². The van der Waals surface area contributed by atoms with Crippen molar-refractivity contribution >= 4 is 36.1 Å². The van der Waals surface area contributed by atoms with Gasteiger partial charge in [0, 0.05) is 25.6 Å². The van der Waals surface area contributed by atoms with Crippen molar-refractivity contribution < 1.29 is 19.4 Å². The van der Waals surface area contributed by atoms with E-state index < -0.39 is 0 Å². The largest absolute Gasteiger partial charge is 0.511 e. The predicted molar refractivity (Wildman–Crippen MR) is 118 cm³/mol. The molecule has 0 saturated carbocycles. The molecule has 0 bridgehead atoms. The Morgan fingerprint density at radius 1 is 1.21 bits per heavy atom. The minimum absolute atomic E-state index is 0. The lowest BCUT2D eigenvalue weighted by Gasteiger charge is -2.28. The minimum atomic E-state index is -0.368. The minimum Gasteiger partial charge on any atom is -0.511 e. The van der Waals surface area contributed by atoms with Crippen LogP contribution in [0.4, 0.5) is 5.69 Å². The van der Waals surface area contributed by atoms with Crippen LogP contribution >= 0.6 is 12.4 Å². The molecule has 1 aromatic rings. The van der Waals surface area contributed by atoms with Gasteiger partial charge in [0.15, 0.2) is 5.78 Å². The van der Waals surface area contributed by atoms with Crippen LogP contribution in [0.15, 0.2) is 40.6 Å². The van der Waals surface area contributed by atoms with Crippen LogP contribution in [-0.4, -0.2) is 54.2 Å². The first kappa shape index (κ1) is 24.9. The zero-order valence-corrected chi connectivity index (χ0v) is 18.4. The van der Waals surface area contributed by atoms with E-state index in [1.165, 1.54) is 6.21 Å².